The number of carbonyl (C=O) groups excluding carboxylic acids is 4. The van der Waals surface area contributed by atoms with E-state index in [1.807, 2.05) is 0 Å². The summed E-state index contributed by atoms with van der Waals surface area (Å²) in [4.78, 5) is 52.2. The Kier molecular flexibility index (Phi) is 13.3. The summed E-state index contributed by atoms with van der Waals surface area (Å²) in [7, 11) is -4.12. The fourth-order valence-electron chi connectivity index (χ4n) is 3.44. The van der Waals surface area contributed by atoms with Crippen molar-refractivity contribution in [1.82, 2.24) is 20.3 Å². The molecule has 0 unspecified atom stereocenters. The maximum atomic E-state index is 13.0. The van der Waals surface area contributed by atoms with Gasteiger partial charge in [-0.3, -0.25) is 20.3 Å². The van der Waals surface area contributed by atoms with Crippen LogP contribution < -0.4 is 15.4 Å². The molecule has 1 heterocycles. The average Bonchev–Trinajstić information content (AvgIpc) is 3.39. The Balaban J connectivity index is 2.17. The normalized spacial score (nSPS) is 12.4. The lowest BCUT2D eigenvalue weighted by Crippen LogP contribution is -2.50. The van der Waals surface area contributed by atoms with Crippen LogP contribution in [-0.4, -0.2) is 79.3 Å². The largest absolute Gasteiger partial charge is 0.459 e. The molecule has 0 aliphatic heterocycles. The maximum Gasteiger partial charge on any atom is 0.418 e. The van der Waals surface area contributed by atoms with Crippen LogP contribution in [0, 0.1) is 17.3 Å². The fraction of sp³-hybridized carbons (Fsp3) is 0.469. The van der Waals surface area contributed by atoms with Crippen molar-refractivity contribution in [3.05, 3.63) is 52.2 Å². The van der Waals surface area contributed by atoms with E-state index < -0.39 is 69.4 Å². The first kappa shape index (κ1) is 39.7. The Morgan fingerprint density at radius 1 is 0.875 bits per heavy atom. The molecule has 0 aliphatic rings. The third-order valence-corrected chi connectivity index (χ3v) is 7.78. The van der Waals surface area contributed by atoms with Gasteiger partial charge in [-0.15, -0.1) is 11.3 Å². The van der Waals surface area contributed by atoms with Gasteiger partial charge in [0.2, 0.25) is 16.0 Å². The second kappa shape index (κ2) is 16.1. The van der Waals surface area contributed by atoms with Gasteiger partial charge >= 0.3 is 18.2 Å². The second-order valence-electron chi connectivity index (χ2n) is 13.2. The summed E-state index contributed by atoms with van der Waals surface area (Å²) in [6.07, 6.45) is -1.86. The number of hydrogen-bond donors (Lipinski definition) is 4. The first-order valence-corrected chi connectivity index (χ1v) is 17.0. The number of ether oxygens (including phenoxy) is 3. The van der Waals surface area contributed by atoms with Crippen molar-refractivity contribution in [3.63, 3.8) is 0 Å². The van der Waals surface area contributed by atoms with Crippen LogP contribution in [0.4, 0.5) is 9.59 Å². The molecule has 0 spiro atoms. The van der Waals surface area contributed by atoms with E-state index >= 15 is 0 Å². The van der Waals surface area contributed by atoms with E-state index in [0.717, 1.165) is 16.2 Å². The van der Waals surface area contributed by atoms with Gasteiger partial charge in [-0.1, -0.05) is 30.0 Å². The van der Waals surface area contributed by atoms with Crippen LogP contribution in [-0.2, 0) is 29.0 Å². The van der Waals surface area contributed by atoms with Crippen molar-refractivity contribution in [2.75, 3.05) is 13.1 Å². The summed E-state index contributed by atoms with van der Waals surface area (Å²) in [6.45, 7) is 14.0. The number of rotatable bonds is 8. The number of sulfonamides is 1. The average molecular weight is 706 g/mol. The van der Waals surface area contributed by atoms with Crippen LogP contribution in [0.15, 0.2) is 47.4 Å². The molecule has 3 amide bonds. The highest BCUT2D eigenvalue weighted by Crippen LogP contribution is 2.17. The number of nitrogens with zero attached hydrogens (tertiary/aromatic N) is 1. The molecule has 262 valence electrons. The molecule has 0 saturated carbocycles. The molecule has 1 aromatic heterocycles. The minimum Gasteiger partial charge on any atom is -0.459 e. The van der Waals surface area contributed by atoms with Gasteiger partial charge in [-0.2, -0.15) is 4.72 Å². The van der Waals surface area contributed by atoms with Crippen LogP contribution in [0.2, 0.25) is 0 Å². The lowest BCUT2D eigenvalue weighted by Gasteiger charge is -2.27. The van der Waals surface area contributed by atoms with Crippen molar-refractivity contribution < 1.29 is 41.8 Å². The van der Waals surface area contributed by atoms with E-state index in [1.54, 1.807) is 74.4 Å². The third-order valence-electron chi connectivity index (χ3n) is 5.29. The molecule has 16 heteroatoms. The molecule has 0 aliphatic carbocycles. The predicted molar refractivity (Wildman–Crippen MR) is 180 cm³/mol. The van der Waals surface area contributed by atoms with Crippen LogP contribution in [0.5, 0.6) is 0 Å². The number of guanidine groups is 1. The van der Waals surface area contributed by atoms with Crippen LogP contribution in [0.3, 0.4) is 0 Å². The van der Waals surface area contributed by atoms with Gasteiger partial charge in [0.1, 0.15) is 22.8 Å². The van der Waals surface area contributed by atoms with E-state index in [0.29, 0.717) is 4.88 Å². The van der Waals surface area contributed by atoms with Gasteiger partial charge in [0.15, 0.2) is 0 Å². The number of alkyl carbamates (subject to hydrolysis) is 1. The second-order valence-corrected chi connectivity index (χ2v) is 16.0. The minimum atomic E-state index is -4.12. The van der Waals surface area contributed by atoms with Crippen LogP contribution in [0.1, 0.15) is 76.9 Å². The first-order chi connectivity index (χ1) is 22.0. The van der Waals surface area contributed by atoms with E-state index in [2.05, 4.69) is 27.2 Å². The van der Waals surface area contributed by atoms with E-state index in [-0.39, 0.29) is 16.3 Å². The highest BCUT2D eigenvalue weighted by atomic mass is 32.2. The molecule has 1 atom stereocenters. The van der Waals surface area contributed by atoms with Gasteiger partial charge < -0.3 is 19.5 Å². The van der Waals surface area contributed by atoms with Gasteiger partial charge in [-0.05, 0) is 86.6 Å². The number of carbonyl (C=O) groups is 4. The first-order valence-electron chi connectivity index (χ1n) is 14.7. The van der Waals surface area contributed by atoms with Crippen molar-refractivity contribution in [3.8, 4) is 11.8 Å². The Morgan fingerprint density at radius 2 is 1.46 bits per heavy atom. The summed E-state index contributed by atoms with van der Waals surface area (Å²) in [6, 6.07) is 9.07. The summed E-state index contributed by atoms with van der Waals surface area (Å²) >= 11 is 0.998. The molecule has 1 aromatic carbocycles. The minimum absolute atomic E-state index is 0.0626. The van der Waals surface area contributed by atoms with Gasteiger partial charge in [-0.25, -0.2) is 22.9 Å². The zero-order valence-corrected chi connectivity index (χ0v) is 30.1. The van der Waals surface area contributed by atoms with E-state index in [1.165, 1.54) is 30.3 Å². The molecule has 48 heavy (non-hydrogen) atoms. The van der Waals surface area contributed by atoms with Gasteiger partial charge in [0.05, 0.1) is 21.2 Å². The van der Waals surface area contributed by atoms with Gasteiger partial charge in [0.25, 0.3) is 5.91 Å². The van der Waals surface area contributed by atoms with Crippen LogP contribution >= 0.6 is 11.3 Å². The molecular formula is C32H43N5O9S2. The lowest BCUT2D eigenvalue weighted by atomic mass is 10.2. The highest BCUT2D eigenvalue weighted by Gasteiger charge is 2.31. The number of esters is 1. The fourth-order valence-corrected chi connectivity index (χ4v) is 5.44. The SMILES string of the molecule is CC(C)(C)OC(=O)NC(=N)N(CC#Cc1ccc(C(=O)NC[C@H](NS(=O)(=O)c2ccccc2)C(=O)OC(C)(C)C)s1)C(=O)OC(C)(C)C. The van der Waals surface area contributed by atoms with Gasteiger partial charge in [0, 0.05) is 6.54 Å². The zero-order chi connectivity index (χ0) is 36.5. The summed E-state index contributed by atoms with van der Waals surface area (Å²) < 4.78 is 44.0. The number of thiophene rings is 1. The van der Waals surface area contributed by atoms with Crippen LogP contribution in [0.25, 0.3) is 0 Å². The summed E-state index contributed by atoms with van der Waals surface area (Å²) in [5.74, 6) is 3.46. The Labute approximate surface area is 285 Å². The monoisotopic (exact) mass is 705 g/mol. The number of nitrogens with one attached hydrogen (secondary N) is 4. The molecule has 0 radical (unpaired) electrons. The van der Waals surface area contributed by atoms with E-state index in [4.69, 9.17) is 19.6 Å². The Bertz CT molecular complexity index is 1660. The highest BCUT2D eigenvalue weighted by molar-refractivity contribution is 7.89. The molecule has 0 bridgehead atoms. The standard InChI is InChI=1S/C32H43N5O9S2/c1-30(2,3)44-26(39)23(36-48(42,43)22-15-11-10-12-16-22)20-34-25(38)24-18-17-21(47-24)14-13-19-37(29(41)46-32(7,8)9)27(33)35-28(40)45-31(4,5)6/h10-12,15-18,23,36H,19-20H2,1-9H3,(H,34,38)(H2,33,35,40)/t23-/m0/s1. The molecule has 2 rings (SSSR count). The third kappa shape index (κ3) is 14.1. The Morgan fingerprint density at radius 3 is 2.02 bits per heavy atom. The molecule has 2 aromatic rings. The number of amides is 3. The maximum absolute atomic E-state index is 13.0. The van der Waals surface area contributed by atoms with Crippen molar-refractivity contribution >= 4 is 51.4 Å². The van der Waals surface area contributed by atoms with E-state index in [9.17, 15) is 27.6 Å². The Hall–Kier alpha value is -4.46. The molecule has 0 saturated heterocycles. The van der Waals surface area contributed by atoms with Crippen molar-refractivity contribution in [2.45, 2.75) is 90.1 Å². The lowest BCUT2D eigenvalue weighted by molar-refractivity contribution is -0.156. The molecular weight excluding hydrogens is 663 g/mol. The molecule has 14 nitrogen and oxygen atoms in total. The van der Waals surface area contributed by atoms with Crippen molar-refractivity contribution in [1.29, 1.82) is 5.41 Å². The summed E-state index contributed by atoms with van der Waals surface area (Å²) in [5.41, 5.74) is -2.64. The smallest absolute Gasteiger partial charge is 0.418 e. The quantitative estimate of drug-likeness (QED) is 0.102. The number of hydrogen-bond acceptors (Lipinski definition) is 11. The molecule has 4 N–H and O–H groups in total. The summed E-state index contributed by atoms with van der Waals surface area (Å²) in [5, 5.41) is 13.0. The zero-order valence-electron chi connectivity index (χ0n) is 28.5. The van der Waals surface area contributed by atoms with Crippen molar-refractivity contribution in [2.24, 2.45) is 0 Å². The topological polar surface area (TPSA) is 193 Å². The number of benzene rings is 1. The molecule has 0 fully saturated rings. The predicted octanol–water partition coefficient (Wildman–Crippen LogP) is 4.21.